The van der Waals surface area contributed by atoms with Crippen LogP contribution in [0, 0.1) is 71.0 Å². The van der Waals surface area contributed by atoms with Crippen LogP contribution in [-0.4, -0.2) is 0 Å². The molecule has 15 aromatic carbocycles. The third-order valence-corrected chi connectivity index (χ3v) is 27.4. The van der Waals surface area contributed by atoms with Crippen molar-refractivity contribution < 1.29 is 0 Å². The van der Waals surface area contributed by atoms with Crippen molar-refractivity contribution in [1.82, 2.24) is 0 Å². The average Bonchev–Trinajstić information content (AvgIpc) is 4.09. The van der Waals surface area contributed by atoms with E-state index in [9.17, 15) is 0 Å². The highest BCUT2D eigenvalue weighted by molar-refractivity contribution is 6.69. The third kappa shape index (κ3) is 1.11. The molecule has 0 radical (unpaired) electrons. The Morgan fingerprint density at radius 1 is 0.150 bits per heavy atom. The molecule has 0 N–H and O–H groups in total. The van der Waals surface area contributed by atoms with Crippen molar-refractivity contribution >= 4 is 168 Å². The van der Waals surface area contributed by atoms with E-state index < -0.39 is 0 Å². The molecule has 15 aromatic rings. The first-order valence-electron chi connectivity index (χ1n) is 24.7. The minimum Gasteiger partial charge on any atom is -0.0536 e. The first kappa shape index (κ1) is 21.9. The van der Waals surface area contributed by atoms with Gasteiger partial charge in [0.1, 0.15) is 0 Å². The Hall–Kier alpha value is -5.46. The Labute approximate surface area is 332 Å². The van der Waals surface area contributed by atoms with Gasteiger partial charge in [0.05, 0.1) is 0 Å². The summed E-state index contributed by atoms with van der Waals surface area (Å²) in [6.45, 7) is 0. The summed E-state index contributed by atoms with van der Waals surface area (Å²) < 4.78 is 0. The molecule has 0 spiro atoms. The van der Waals surface area contributed by atoms with E-state index in [0.29, 0.717) is 11.8 Å². The molecular formula is C60H18. The van der Waals surface area contributed by atoms with E-state index in [4.69, 9.17) is 0 Å². The first-order valence-corrected chi connectivity index (χ1v) is 24.7. The summed E-state index contributed by atoms with van der Waals surface area (Å²) in [5.41, 5.74) is 22.3. The monoisotopic (exact) mass is 738 g/mol. The van der Waals surface area contributed by atoms with E-state index in [1.165, 1.54) is 0 Å². The second-order valence-corrected chi connectivity index (χ2v) is 26.0. The molecule has 0 aromatic heterocycles. The molecule has 0 amide bonds. The van der Waals surface area contributed by atoms with Gasteiger partial charge < -0.3 is 0 Å². The lowest BCUT2D eigenvalue weighted by atomic mass is 9.44. The standard InChI is InChI=1S/C60H18/c1-2-5-6-3(1)8-12-10-4(1)9-11-7(2)17-21-13(5)23-24-14(6)22-18(8)28-20(12)30-26-16(10)15(9)25-29-19(11)27(17)37-41-31(21)33(23)43-44-34(24)32(22)42-38(28)48-40(30)46-36(26)35(25)45-39(29)47(37)55-49(41)51(43)57-52(44)50(42)56(48)59-54(46)53(45)58(55)60(57)59/h1-5,7-13,16-17,21,26-27,37H. The SMILES string of the molecule is C12=c3c4c5c6c7c8c9c%10c%11c%12c%13c%14c%15c%16c%17c%18c%19c%20c%21c(c3c5c3c%21c5c(c73)c3c8c%11c7c%13c%15c8c%17c%20c5c8c73)C%19C1C1C%18C%16C3C=%14C5C%12C%10C7C(C=4C4C2C1C3C5C47)C69. The molecule has 0 heteroatoms. The lowest BCUT2D eigenvalue weighted by Gasteiger charge is -2.59. The average molecular weight is 739 g/mol. The molecule has 18 unspecified atom stereocenters. The Bertz CT molecular complexity index is 5260. The molecule has 17 aliphatic carbocycles. The van der Waals surface area contributed by atoms with Gasteiger partial charge in [0, 0.05) is 11.8 Å². The van der Waals surface area contributed by atoms with Gasteiger partial charge in [0.25, 0.3) is 0 Å². The predicted molar refractivity (Wildman–Crippen MR) is 236 cm³/mol. The summed E-state index contributed by atoms with van der Waals surface area (Å²) in [6.07, 6.45) is 0. The maximum atomic E-state index is 2.15. The highest BCUT2D eigenvalue weighted by Crippen LogP contribution is 2.92. The largest absolute Gasteiger partial charge is 0.0536 e. The molecule has 6 fully saturated rings. The van der Waals surface area contributed by atoms with Gasteiger partial charge in [-0.1, -0.05) is 16.7 Å². The van der Waals surface area contributed by atoms with E-state index >= 15 is 0 Å². The number of hydrogen-bond donors (Lipinski definition) is 0. The van der Waals surface area contributed by atoms with Crippen molar-refractivity contribution in [2.24, 2.45) is 71.0 Å². The van der Waals surface area contributed by atoms with Crippen LogP contribution in [0.3, 0.4) is 0 Å². The van der Waals surface area contributed by atoms with E-state index in [0.717, 1.165) is 94.7 Å². The van der Waals surface area contributed by atoms with E-state index in [1.807, 2.05) is 152 Å². The zero-order valence-corrected chi connectivity index (χ0v) is 31.4. The van der Waals surface area contributed by atoms with Gasteiger partial charge in [0.15, 0.2) is 0 Å². The van der Waals surface area contributed by atoms with Gasteiger partial charge >= 0.3 is 0 Å². The van der Waals surface area contributed by atoms with Crippen LogP contribution in [0.15, 0.2) is 0 Å². The molecule has 0 aliphatic heterocycles. The highest BCUT2D eigenvalue weighted by atomic mass is 14.9. The van der Waals surface area contributed by atoms with Crippen molar-refractivity contribution in [3.05, 3.63) is 60.2 Å². The fourth-order valence-electron chi connectivity index (χ4n) is 28.8. The van der Waals surface area contributed by atoms with Crippen LogP contribution in [0.4, 0.5) is 0 Å². The van der Waals surface area contributed by atoms with Crippen LogP contribution in [0.5, 0.6) is 0 Å². The maximum Gasteiger partial charge on any atom is 0.0180 e. The number of benzene rings is 10. The number of rotatable bonds is 0. The number of hydrogen-bond acceptors (Lipinski definition) is 0. The van der Waals surface area contributed by atoms with Crippen LogP contribution in [0.25, 0.3) is 168 Å². The topological polar surface area (TPSA) is 0 Å². The summed E-state index contributed by atoms with van der Waals surface area (Å²) in [7, 11) is 0. The Morgan fingerprint density at radius 3 is 0.900 bits per heavy atom. The van der Waals surface area contributed by atoms with Gasteiger partial charge in [-0.05, 0) is 306 Å². The van der Waals surface area contributed by atoms with Crippen LogP contribution < -0.4 is 15.7 Å². The minimum atomic E-state index is 0.631. The Morgan fingerprint density at radius 2 is 0.450 bits per heavy atom. The van der Waals surface area contributed by atoms with Crippen LogP contribution >= 0.6 is 0 Å². The third-order valence-electron chi connectivity index (χ3n) is 27.4. The zero-order chi connectivity index (χ0) is 34.6. The van der Waals surface area contributed by atoms with Crippen molar-refractivity contribution in [2.45, 2.75) is 35.5 Å². The minimum absolute atomic E-state index is 0.631. The van der Waals surface area contributed by atoms with Gasteiger partial charge in [-0.3, -0.25) is 0 Å². The van der Waals surface area contributed by atoms with Gasteiger partial charge in [-0.25, -0.2) is 0 Å². The fourth-order valence-corrected chi connectivity index (χ4v) is 28.8. The lowest BCUT2D eigenvalue weighted by Crippen LogP contribution is -2.55. The summed E-state index contributed by atoms with van der Waals surface area (Å²) in [6, 6.07) is 0. The van der Waals surface area contributed by atoms with Gasteiger partial charge in [-0.15, -0.1) is 0 Å². The Balaban J connectivity index is 1.20. The molecule has 258 valence electrons. The highest BCUT2D eigenvalue weighted by Gasteiger charge is 2.83. The first-order chi connectivity index (χ1) is 30.0. The quantitative estimate of drug-likeness (QED) is 0.136. The molecule has 0 nitrogen and oxygen atoms in total. The van der Waals surface area contributed by atoms with Gasteiger partial charge in [0.2, 0.25) is 0 Å². The van der Waals surface area contributed by atoms with E-state index in [-0.39, 0.29) is 0 Å². The molecule has 32 rings (SSSR count). The summed E-state index contributed by atoms with van der Waals surface area (Å²) >= 11 is 0. The fraction of sp³-hybridized carbons (Fsp3) is 0.300. The van der Waals surface area contributed by atoms with Crippen molar-refractivity contribution in [1.29, 1.82) is 0 Å². The van der Waals surface area contributed by atoms with Crippen molar-refractivity contribution in [2.75, 3.05) is 0 Å². The van der Waals surface area contributed by atoms with E-state index in [1.54, 1.807) is 59.2 Å². The van der Waals surface area contributed by atoms with E-state index in [2.05, 4.69) is 16.7 Å². The van der Waals surface area contributed by atoms with Crippen LogP contribution in [0.2, 0.25) is 0 Å². The second kappa shape index (κ2) is 4.85. The van der Waals surface area contributed by atoms with Crippen LogP contribution in [-0.2, 0) is 0 Å². The summed E-state index contributed by atoms with van der Waals surface area (Å²) in [5, 5.41) is 57.1. The lowest BCUT2D eigenvalue weighted by molar-refractivity contribution is -0.0806. The zero-order valence-electron chi connectivity index (χ0n) is 31.4. The molecular weight excluding hydrogens is 721 g/mol. The van der Waals surface area contributed by atoms with Gasteiger partial charge in [-0.2, -0.15) is 0 Å². The molecule has 18 atom stereocenters. The maximum absolute atomic E-state index is 2.15. The second-order valence-electron chi connectivity index (χ2n) is 26.0. The summed E-state index contributed by atoms with van der Waals surface area (Å²) in [5.74, 6) is 14.6. The smallest absolute Gasteiger partial charge is 0.0180 e. The normalized spacial score (nSPS) is 45.9. The molecule has 0 heterocycles. The summed E-state index contributed by atoms with van der Waals surface area (Å²) in [4.78, 5) is 0. The molecule has 60 heavy (non-hydrogen) atoms. The Kier molecular flexibility index (Phi) is 1.77. The predicted octanol–water partition coefficient (Wildman–Crippen LogP) is 10.6. The van der Waals surface area contributed by atoms with Crippen molar-refractivity contribution in [3.63, 3.8) is 0 Å². The molecule has 17 aliphatic rings. The molecule has 0 bridgehead atoms. The van der Waals surface area contributed by atoms with Crippen molar-refractivity contribution in [3.8, 4) is 0 Å². The van der Waals surface area contributed by atoms with Crippen LogP contribution in [0.1, 0.15) is 80.0 Å². The molecule has 6 saturated carbocycles. The molecule has 0 saturated heterocycles.